The normalized spacial score (nSPS) is 28.8. The first-order chi connectivity index (χ1) is 10.7. The number of amides is 2. The summed E-state index contributed by atoms with van der Waals surface area (Å²) in [5.41, 5.74) is 1.74. The zero-order valence-electron chi connectivity index (χ0n) is 13.1. The third-order valence-electron chi connectivity index (χ3n) is 5.66. The van der Waals surface area contributed by atoms with Gasteiger partial charge >= 0.3 is 6.03 Å². The van der Waals surface area contributed by atoms with Crippen LogP contribution in [0, 0.1) is 5.41 Å². The van der Waals surface area contributed by atoms with E-state index in [-0.39, 0.29) is 18.2 Å². The number of ether oxygens (including phenoxy) is 1. The van der Waals surface area contributed by atoms with Crippen LogP contribution < -0.4 is 15.4 Å². The van der Waals surface area contributed by atoms with Gasteiger partial charge < -0.3 is 15.4 Å². The lowest BCUT2D eigenvalue weighted by Gasteiger charge is -2.29. The molecule has 0 aromatic heterocycles. The van der Waals surface area contributed by atoms with Gasteiger partial charge in [-0.1, -0.05) is 18.2 Å². The average Bonchev–Trinajstić information content (AvgIpc) is 3.20. The van der Waals surface area contributed by atoms with Gasteiger partial charge in [-0.25, -0.2) is 4.79 Å². The topological polar surface area (TPSA) is 50.4 Å². The van der Waals surface area contributed by atoms with E-state index in [4.69, 9.17) is 4.74 Å². The van der Waals surface area contributed by atoms with Crippen LogP contribution in [0.25, 0.3) is 0 Å². The number of rotatable bonds is 2. The van der Waals surface area contributed by atoms with Gasteiger partial charge in [-0.2, -0.15) is 0 Å². The Bertz CT molecular complexity index is 572. The van der Waals surface area contributed by atoms with Crippen molar-refractivity contribution in [3.63, 3.8) is 0 Å². The van der Waals surface area contributed by atoms with Gasteiger partial charge in [0, 0.05) is 11.6 Å². The molecule has 3 aliphatic rings. The Kier molecular flexibility index (Phi) is 3.28. The zero-order valence-corrected chi connectivity index (χ0v) is 13.1. The summed E-state index contributed by atoms with van der Waals surface area (Å²) in [5.74, 6) is 0.883. The van der Waals surface area contributed by atoms with Crippen LogP contribution in [-0.2, 0) is 0 Å². The fourth-order valence-corrected chi connectivity index (χ4v) is 3.98. The van der Waals surface area contributed by atoms with E-state index in [0.717, 1.165) is 24.2 Å². The number of fused-ring (bicyclic) bond motifs is 1. The van der Waals surface area contributed by atoms with Gasteiger partial charge in [-0.05, 0) is 56.9 Å². The molecule has 2 fully saturated rings. The highest BCUT2D eigenvalue weighted by molar-refractivity contribution is 5.75. The highest BCUT2D eigenvalue weighted by Crippen LogP contribution is 2.56. The molecule has 2 amide bonds. The summed E-state index contributed by atoms with van der Waals surface area (Å²) in [7, 11) is 0. The molecule has 1 aromatic rings. The van der Waals surface area contributed by atoms with Crippen molar-refractivity contribution in [2.75, 3.05) is 0 Å². The van der Waals surface area contributed by atoms with Gasteiger partial charge in [0.05, 0.1) is 6.04 Å². The van der Waals surface area contributed by atoms with Crippen LogP contribution >= 0.6 is 0 Å². The lowest BCUT2D eigenvalue weighted by Crippen LogP contribution is -2.46. The standard InChI is InChI=1S/C18H24N2O2/c1-12-16(14-4-2-3-5-15(14)22-12)20-17(21)19-13-6-8-18(9-7-13)10-11-18/h2-5,12-13,16H,6-11H2,1H3,(H2,19,20,21). The fraction of sp³-hybridized carbons (Fsp3) is 0.611. The fourth-order valence-electron chi connectivity index (χ4n) is 3.98. The predicted molar refractivity (Wildman–Crippen MR) is 84.9 cm³/mol. The Hall–Kier alpha value is -1.71. The third kappa shape index (κ3) is 2.55. The largest absolute Gasteiger partial charge is 0.488 e. The van der Waals surface area contributed by atoms with Crippen LogP contribution in [0.4, 0.5) is 4.79 Å². The first kappa shape index (κ1) is 13.9. The Balaban J connectivity index is 1.34. The van der Waals surface area contributed by atoms with Gasteiger partial charge in [0.1, 0.15) is 11.9 Å². The van der Waals surface area contributed by atoms with Crippen LogP contribution in [-0.4, -0.2) is 18.2 Å². The number of hydrogen-bond acceptors (Lipinski definition) is 2. The van der Waals surface area contributed by atoms with Crippen molar-refractivity contribution in [2.45, 2.75) is 63.6 Å². The highest BCUT2D eigenvalue weighted by Gasteiger charge is 2.45. The van der Waals surface area contributed by atoms with Crippen molar-refractivity contribution < 1.29 is 9.53 Å². The first-order valence-corrected chi connectivity index (χ1v) is 8.48. The number of urea groups is 1. The maximum Gasteiger partial charge on any atom is 0.315 e. The summed E-state index contributed by atoms with van der Waals surface area (Å²) in [6, 6.07) is 8.15. The van der Waals surface area contributed by atoms with Gasteiger partial charge in [-0.15, -0.1) is 0 Å². The van der Waals surface area contributed by atoms with Gasteiger partial charge in [0.2, 0.25) is 0 Å². The summed E-state index contributed by atoms with van der Waals surface area (Å²) in [6.07, 6.45) is 7.60. The van der Waals surface area contributed by atoms with E-state index >= 15 is 0 Å². The van der Waals surface area contributed by atoms with Crippen molar-refractivity contribution in [1.29, 1.82) is 0 Å². The molecule has 0 bridgehead atoms. The molecule has 4 nitrogen and oxygen atoms in total. The molecule has 1 aliphatic heterocycles. The second-order valence-corrected chi connectivity index (χ2v) is 7.23. The Morgan fingerprint density at radius 1 is 1.14 bits per heavy atom. The average molecular weight is 300 g/mol. The van der Waals surface area contributed by atoms with E-state index in [1.165, 1.54) is 25.7 Å². The van der Waals surface area contributed by atoms with E-state index in [1.54, 1.807) is 0 Å². The van der Waals surface area contributed by atoms with E-state index in [1.807, 2.05) is 31.2 Å². The van der Waals surface area contributed by atoms with Gasteiger partial charge in [-0.3, -0.25) is 0 Å². The van der Waals surface area contributed by atoms with Crippen LogP contribution in [0.5, 0.6) is 5.75 Å². The van der Waals surface area contributed by atoms with Crippen molar-refractivity contribution in [2.24, 2.45) is 5.41 Å². The Morgan fingerprint density at radius 3 is 2.59 bits per heavy atom. The molecular weight excluding hydrogens is 276 g/mol. The van der Waals surface area contributed by atoms with Crippen LogP contribution in [0.15, 0.2) is 24.3 Å². The number of nitrogens with one attached hydrogen (secondary N) is 2. The number of hydrogen-bond donors (Lipinski definition) is 2. The number of benzene rings is 1. The second kappa shape index (κ2) is 5.18. The Morgan fingerprint density at radius 2 is 1.86 bits per heavy atom. The zero-order chi connectivity index (χ0) is 15.2. The van der Waals surface area contributed by atoms with E-state index in [9.17, 15) is 4.79 Å². The molecule has 4 rings (SSSR count). The van der Waals surface area contributed by atoms with Gasteiger partial charge in [0.25, 0.3) is 0 Å². The molecule has 2 N–H and O–H groups in total. The molecule has 4 heteroatoms. The lowest BCUT2D eigenvalue weighted by molar-refractivity contribution is 0.193. The number of carbonyl (C=O) groups excluding carboxylic acids is 1. The van der Waals surface area contributed by atoms with Crippen LogP contribution in [0.1, 0.15) is 57.1 Å². The molecule has 1 aromatic carbocycles. The summed E-state index contributed by atoms with van der Waals surface area (Å²) >= 11 is 0. The molecule has 1 spiro atoms. The molecule has 0 saturated heterocycles. The minimum Gasteiger partial charge on any atom is -0.488 e. The van der Waals surface area contributed by atoms with Gasteiger partial charge in [0.15, 0.2) is 0 Å². The summed E-state index contributed by atoms with van der Waals surface area (Å²) in [6.45, 7) is 2.00. The number of carbonyl (C=O) groups is 1. The molecule has 2 saturated carbocycles. The number of para-hydroxylation sites is 1. The molecule has 1 heterocycles. The van der Waals surface area contributed by atoms with Crippen molar-refractivity contribution >= 4 is 6.03 Å². The maximum atomic E-state index is 12.3. The predicted octanol–water partition coefficient (Wildman–Crippen LogP) is 3.53. The van der Waals surface area contributed by atoms with Crippen LogP contribution in [0.2, 0.25) is 0 Å². The minimum atomic E-state index is -0.0612. The highest BCUT2D eigenvalue weighted by atomic mass is 16.5. The molecular formula is C18H24N2O2. The van der Waals surface area contributed by atoms with E-state index < -0.39 is 0 Å². The SMILES string of the molecule is CC1Oc2ccccc2C1NC(=O)NC1CCC2(CC1)CC2. The molecule has 118 valence electrons. The van der Waals surface area contributed by atoms with E-state index in [2.05, 4.69) is 10.6 Å². The van der Waals surface area contributed by atoms with Crippen molar-refractivity contribution in [3.8, 4) is 5.75 Å². The summed E-state index contributed by atoms with van der Waals surface area (Å²) in [5, 5.41) is 6.25. The molecule has 2 atom stereocenters. The summed E-state index contributed by atoms with van der Waals surface area (Å²) in [4.78, 5) is 12.3. The molecule has 2 unspecified atom stereocenters. The second-order valence-electron chi connectivity index (χ2n) is 7.23. The smallest absolute Gasteiger partial charge is 0.315 e. The lowest BCUT2D eigenvalue weighted by atomic mass is 9.83. The minimum absolute atomic E-state index is 0.0239. The summed E-state index contributed by atoms with van der Waals surface area (Å²) < 4.78 is 5.80. The molecule has 22 heavy (non-hydrogen) atoms. The molecule has 2 aliphatic carbocycles. The first-order valence-electron chi connectivity index (χ1n) is 8.48. The Labute approximate surface area is 131 Å². The van der Waals surface area contributed by atoms with E-state index in [0.29, 0.717) is 11.5 Å². The van der Waals surface area contributed by atoms with Crippen molar-refractivity contribution in [1.82, 2.24) is 10.6 Å². The molecule has 0 radical (unpaired) electrons. The van der Waals surface area contributed by atoms with Crippen LogP contribution in [0.3, 0.4) is 0 Å². The third-order valence-corrected chi connectivity index (χ3v) is 5.66. The van der Waals surface area contributed by atoms with Crippen molar-refractivity contribution in [3.05, 3.63) is 29.8 Å². The maximum absolute atomic E-state index is 12.3. The monoisotopic (exact) mass is 300 g/mol. The quantitative estimate of drug-likeness (QED) is 0.878.